The zero-order chi connectivity index (χ0) is 13.1. The van der Waals surface area contributed by atoms with Crippen LogP contribution in [0.2, 0.25) is 5.02 Å². The Morgan fingerprint density at radius 2 is 1.88 bits per heavy atom. The molecule has 1 aromatic carbocycles. The van der Waals surface area contributed by atoms with Gasteiger partial charge in [-0.25, -0.2) is 0 Å². The first-order valence-electron chi connectivity index (χ1n) is 5.22. The lowest BCUT2D eigenvalue weighted by Crippen LogP contribution is -2.41. The number of aliphatic hydroxyl groups is 1. The minimum absolute atomic E-state index is 0.161. The van der Waals surface area contributed by atoms with Gasteiger partial charge >= 0.3 is 5.97 Å². The van der Waals surface area contributed by atoms with E-state index in [-0.39, 0.29) is 13.1 Å². The summed E-state index contributed by atoms with van der Waals surface area (Å²) in [5, 5.41) is 19.2. The standard InChI is InChI=1S/C12H16ClNO3/c1-12(2,17)8-14(7-11(15)16)10-5-3-9(13)4-6-10/h3-6,17H,7-8H2,1-2H3,(H,15,16). The molecule has 0 unspecified atom stereocenters. The van der Waals surface area contributed by atoms with Gasteiger partial charge in [0.25, 0.3) is 0 Å². The molecule has 0 saturated carbocycles. The van der Waals surface area contributed by atoms with E-state index in [0.717, 1.165) is 5.69 Å². The first-order chi connectivity index (χ1) is 7.78. The predicted octanol–water partition coefficient (Wildman–Crippen LogP) is 2.00. The molecule has 4 nitrogen and oxygen atoms in total. The monoisotopic (exact) mass is 257 g/mol. The summed E-state index contributed by atoms with van der Waals surface area (Å²) in [6, 6.07) is 6.85. The van der Waals surface area contributed by atoms with E-state index in [1.54, 1.807) is 43.0 Å². The van der Waals surface area contributed by atoms with Gasteiger partial charge in [-0.2, -0.15) is 0 Å². The van der Waals surface area contributed by atoms with Crippen LogP contribution in [0.5, 0.6) is 0 Å². The van der Waals surface area contributed by atoms with E-state index < -0.39 is 11.6 Å². The predicted molar refractivity (Wildman–Crippen MR) is 67.6 cm³/mol. The zero-order valence-electron chi connectivity index (χ0n) is 9.85. The van der Waals surface area contributed by atoms with Crippen molar-refractivity contribution < 1.29 is 15.0 Å². The lowest BCUT2D eigenvalue weighted by Gasteiger charge is -2.29. The van der Waals surface area contributed by atoms with Crippen molar-refractivity contribution in [3.63, 3.8) is 0 Å². The Labute approximate surface area is 105 Å². The van der Waals surface area contributed by atoms with E-state index in [9.17, 15) is 9.90 Å². The molecule has 2 N–H and O–H groups in total. The van der Waals surface area contributed by atoms with Crippen LogP contribution in [0.1, 0.15) is 13.8 Å². The Morgan fingerprint density at radius 3 is 2.29 bits per heavy atom. The molecular weight excluding hydrogens is 242 g/mol. The van der Waals surface area contributed by atoms with E-state index in [2.05, 4.69) is 0 Å². The maximum Gasteiger partial charge on any atom is 0.323 e. The molecule has 1 rings (SSSR count). The average Bonchev–Trinajstić information content (AvgIpc) is 2.14. The van der Waals surface area contributed by atoms with E-state index in [1.807, 2.05) is 0 Å². The Hall–Kier alpha value is -1.26. The van der Waals surface area contributed by atoms with Crippen molar-refractivity contribution in [2.45, 2.75) is 19.4 Å². The highest BCUT2D eigenvalue weighted by atomic mass is 35.5. The largest absolute Gasteiger partial charge is 0.480 e. The van der Waals surface area contributed by atoms with Gasteiger partial charge in [-0.15, -0.1) is 0 Å². The van der Waals surface area contributed by atoms with Crippen molar-refractivity contribution in [2.75, 3.05) is 18.0 Å². The molecule has 0 fully saturated rings. The van der Waals surface area contributed by atoms with Crippen LogP contribution >= 0.6 is 11.6 Å². The van der Waals surface area contributed by atoms with Gasteiger partial charge in [-0.05, 0) is 38.1 Å². The fourth-order valence-corrected chi connectivity index (χ4v) is 1.65. The highest BCUT2D eigenvalue weighted by molar-refractivity contribution is 6.30. The summed E-state index contributed by atoms with van der Waals surface area (Å²) >= 11 is 5.77. The summed E-state index contributed by atoms with van der Waals surface area (Å²) in [6.07, 6.45) is 0. The van der Waals surface area contributed by atoms with E-state index in [0.29, 0.717) is 5.02 Å². The van der Waals surface area contributed by atoms with Crippen molar-refractivity contribution in [3.05, 3.63) is 29.3 Å². The molecule has 0 atom stereocenters. The van der Waals surface area contributed by atoms with Crippen molar-refractivity contribution in [3.8, 4) is 0 Å². The molecule has 0 heterocycles. The maximum absolute atomic E-state index is 10.8. The summed E-state index contributed by atoms with van der Waals surface area (Å²) in [5.41, 5.74) is -0.242. The van der Waals surface area contributed by atoms with Crippen LogP contribution in [0.25, 0.3) is 0 Å². The quantitative estimate of drug-likeness (QED) is 0.847. The summed E-state index contributed by atoms with van der Waals surface area (Å²) < 4.78 is 0. The lowest BCUT2D eigenvalue weighted by molar-refractivity contribution is -0.135. The minimum atomic E-state index is -0.963. The summed E-state index contributed by atoms with van der Waals surface area (Å²) in [7, 11) is 0. The fraction of sp³-hybridized carbons (Fsp3) is 0.417. The number of aliphatic carboxylic acids is 1. The highest BCUT2D eigenvalue weighted by Gasteiger charge is 2.20. The number of hydrogen-bond donors (Lipinski definition) is 2. The Bertz CT molecular complexity index is 384. The topological polar surface area (TPSA) is 60.8 Å². The normalized spacial score (nSPS) is 11.3. The number of carboxylic acids is 1. The van der Waals surface area contributed by atoms with Crippen molar-refractivity contribution in [2.24, 2.45) is 0 Å². The molecular formula is C12H16ClNO3. The number of halogens is 1. The van der Waals surface area contributed by atoms with Gasteiger partial charge in [0.05, 0.1) is 5.60 Å². The third kappa shape index (κ3) is 5.06. The zero-order valence-corrected chi connectivity index (χ0v) is 10.6. The first-order valence-corrected chi connectivity index (χ1v) is 5.60. The molecule has 94 valence electrons. The molecule has 0 amide bonds. The molecule has 0 aliphatic rings. The van der Waals surface area contributed by atoms with Crippen LogP contribution < -0.4 is 4.90 Å². The summed E-state index contributed by atoms with van der Waals surface area (Å²) in [5.74, 6) is -0.941. The van der Waals surface area contributed by atoms with Crippen molar-refractivity contribution in [1.82, 2.24) is 0 Å². The van der Waals surface area contributed by atoms with Gasteiger partial charge in [0.2, 0.25) is 0 Å². The van der Waals surface area contributed by atoms with Gasteiger partial charge in [-0.1, -0.05) is 11.6 Å². The van der Waals surface area contributed by atoms with Crippen LogP contribution in [-0.2, 0) is 4.79 Å². The van der Waals surface area contributed by atoms with Crippen molar-refractivity contribution in [1.29, 1.82) is 0 Å². The summed E-state index contributed by atoms with van der Waals surface area (Å²) in [4.78, 5) is 12.4. The molecule has 0 radical (unpaired) electrons. The molecule has 0 spiro atoms. The van der Waals surface area contributed by atoms with Gasteiger partial charge < -0.3 is 15.1 Å². The number of nitrogens with zero attached hydrogens (tertiary/aromatic N) is 1. The number of anilines is 1. The number of carboxylic acid groups (broad SMARTS) is 1. The lowest BCUT2D eigenvalue weighted by atomic mass is 10.1. The van der Waals surface area contributed by atoms with Crippen LogP contribution in [-0.4, -0.2) is 34.9 Å². The van der Waals surface area contributed by atoms with Crippen LogP contribution in [0, 0.1) is 0 Å². The minimum Gasteiger partial charge on any atom is -0.480 e. The maximum atomic E-state index is 10.8. The van der Waals surface area contributed by atoms with Gasteiger partial charge in [0, 0.05) is 17.3 Å². The molecule has 0 aliphatic heterocycles. The number of hydrogen-bond acceptors (Lipinski definition) is 3. The fourth-order valence-electron chi connectivity index (χ4n) is 1.52. The second-order valence-electron chi connectivity index (χ2n) is 4.54. The molecule has 0 bridgehead atoms. The molecule has 1 aromatic rings. The van der Waals surface area contributed by atoms with Gasteiger partial charge in [-0.3, -0.25) is 4.79 Å². The van der Waals surface area contributed by atoms with Crippen molar-refractivity contribution >= 4 is 23.3 Å². The van der Waals surface area contributed by atoms with E-state index in [4.69, 9.17) is 16.7 Å². The van der Waals surface area contributed by atoms with E-state index in [1.165, 1.54) is 0 Å². The number of carbonyl (C=O) groups is 1. The molecule has 5 heteroatoms. The van der Waals surface area contributed by atoms with Crippen LogP contribution in [0.15, 0.2) is 24.3 Å². The molecule has 0 aliphatic carbocycles. The van der Waals surface area contributed by atoms with Gasteiger partial charge in [0.1, 0.15) is 6.54 Å². The smallest absolute Gasteiger partial charge is 0.323 e. The Kier molecular flexibility index (Phi) is 4.37. The number of benzene rings is 1. The Balaban J connectivity index is 2.89. The van der Waals surface area contributed by atoms with E-state index >= 15 is 0 Å². The Morgan fingerprint density at radius 1 is 1.35 bits per heavy atom. The van der Waals surface area contributed by atoms with Crippen LogP contribution in [0.4, 0.5) is 5.69 Å². The third-order valence-corrected chi connectivity index (χ3v) is 2.35. The first kappa shape index (κ1) is 13.8. The second-order valence-corrected chi connectivity index (χ2v) is 4.98. The third-order valence-electron chi connectivity index (χ3n) is 2.10. The van der Waals surface area contributed by atoms with Gasteiger partial charge in [0.15, 0.2) is 0 Å². The highest BCUT2D eigenvalue weighted by Crippen LogP contribution is 2.19. The number of rotatable bonds is 5. The average molecular weight is 258 g/mol. The summed E-state index contributed by atoms with van der Waals surface area (Å²) in [6.45, 7) is 3.35. The molecule has 0 saturated heterocycles. The molecule has 17 heavy (non-hydrogen) atoms. The second kappa shape index (κ2) is 5.38. The van der Waals surface area contributed by atoms with Crippen LogP contribution in [0.3, 0.4) is 0 Å². The molecule has 0 aromatic heterocycles. The SMILES string of the molecule is CC(C)(O)CN(CC(=O)O)c1ccc(Cl)cc1.